The highest BCUT2D eigenvalue weighted by Gasteiger charge is 2.22. The minimum atomic E-state index is -0.945. The van der Waals surface area contributed by atoms with Gasteiger partial charge in [-0.3, -0.25) is 4.79 Å². The Morgan fingerprint density at radius 2 is 1.54 bits per heavy atom. The van der Waals surface area contributed by atoms with Crippen LogP contribution in [0.1, 0.15) is 17.3 Å². The first kappa shape index (κ1) is 17.5. The Labute approximate surface area is 151 Å². The summed E-state index contributed by atoms with van der Waals surface area (Å²) in [6.07, 6.45) is -0.945. The summed E-state index contributed by atoms with van der Waals surface area (Å²) >= 11 is 0. The van der Waals surface area contributed by atoms with Gasteiger partial charge < -0.3 is 14.8 Å². The predicted octanol–water partition coefficient (Wildman–Crippen LogP) is 4.03. The van der Waals surface area contributed by atoms with Crippen molar-refractivity contribution in [3.63, 3.8) is 0 Å². The molecule has 1 atom stereocenters. The number of hydrogen-bond donors (Lipinski definition) is 1. The largest absolute Gasteiger partial charge is 0.496 e. The lowest BCUT2D eigenvalue weighted by molar-refractivity contribution is -0.123. The van der Waals surface area contributed by atoms with Crippen LogP contribution in [0.2, 0.25) is 0 Å². The highest BCUT2D eigenvalue weighted by Crippen LogP contribution is 2.27. The summed E-state index contributed by atoms with van der Waals surface area (Å²) in [5.41, 5.74) is 0.925. The molecule has 132 valence electrons. The first-order valence-corrected chi connectivity index (χ1v) is 8.22. The zero-order valence-corrected chi connectivity index (χ0v) is 14.6. The molecule has 0 aromatic heterocycles. The number of rotatable bonds is 5. The monoisotopic (exact) mass is 349 g/mol. The number of methoxy groups -OCH3 is 1. The molecule has 3 aromatic carbocycles. The number of carbonyl (C=O) groups is 2. The van der Waals surface area contributed by atoms with Crippen molar-refractivity contribution in [1.82, 2.24) is 0 Å². The quantitative estimate of drug-likeness (QED) is 0.706. The van der Waals surface area contributed by atoms with E-state index < -0.39 is 18.0 Å². The molecule has 0 heterocycles. The van der Waals surface area contributed by atoms with Crippen molar-refractivity contribution in [3.8, 4) is 5.75 Å². The molecule has 26 heavy (non-hydrogen) atoms. The Kier molecular flexibility index (Phi) is 5.17. The normalized spacial score (nSPS) is 11.6. The van der Waals surface area contributed by atoms with E-state index in [0.717, 1.165) is 10.8 Å². The van der Waals surface area contributed by atoms with Gasteiger partial charge in [0.2, 0.25) is 0 Å². The fourth-order valence-corrected chi connectivity index (χ4v) is 2.59. The van der Waals surface area contributed by atoms with Crippen molar-refractivity contribution >= 4 is 28.3 Å². The van der Waals surface area contributed by atoms with Crippen LogP contribution in [0.15, 0.2) is 66.7 Å². The maximum atomic E-state index is 12.6. The summed E-state index contributed by atoms with van der Waals surface area (Å²) in [7, 11) is 1.49. The van der Waals surface area contributed by atoms with E-state index in [4.69, 9.17) is 9.47 Å². The standard InChI is InChI=1S/C21H19NO4/c1-14(20(23)22-17-10-4-3-5-11-17)26-21(24)18-12-15-8-6-7-9-16(15)13-19(18)25-2/h3-14H,1-2H3,(H,22,23)/t14-/m1/s1. The average molecular weight is 349 g/mol. The second kappa shape index (κ2) is 7.70. The molecule has 0 saturated heterocycles. The lowest BCUT2D eigenvalue weighted by atomic mass is 10.1. The minimum absolute atomic E-state index is 0.283. The molecular weight excluding hydrogens is 330 g/mol. The van der Waals surface area contributed by atoms with Crippen LogP contribution >= 0.6 is 0 Å². The van der Waals surface area contributed by atoms with Crippen molar-refractivity contribution in [3.05, 3.63) is 72.3 Å². The fourth-order valence-electron chi connectivity index (χ4n) is 2.59. The van der Waals surface area contributed by atoms with Crippen molar-refractivity contribution in [1.29, 1.82) is 0 Å². The molecule has 0 aliphatic heterocycles. The lowest BCUT2D eigenvalue weighted by Gasteiger charge is -2.15. The van der Waals surface area contributed by atoms with Crippen molar-refractivity contribution in [2.24, 2.45) is 0 Å². The third-order valence-electron chi connectivity index (χ3n) is 3.98. The van der Waals surface area contributed by atoms with E-state index in [1.54, 1.807) is 24.3 Å². The van der Waals surface area contributed by atoms with Gasteiger partial charge in [0.1, 0.15) is 11.3 Å². The van der Waals surface area contributed by atoms with E-state index >= 15 is 0 Å². The van der Waals surface area contributed by atoms with Gasteiger partial charge in [-0.15, -0.1) is 0 Å². The van der Waals surface area contributed by atoms with Gasteiger partial charge in [-0.2, -0.15) is 0 Å². The molecule has 3 aromatic rings. The molecule has 1 amide bonds. The molecule has 0 spiro atoms. The number of benzene rings is 3. The summed E-state index contributed by atoms with van der Waals surface area (Å²) in [6, 6.07) is 20.1. The van der Waals surface area contributed by atoms with Crippen LogP contribution in [-0.2, 0) is 9.53 Å². The number of esters is 1. The molecule has 3 rings (SSSR count). The Balaban J connectivity index is 1.76. The first-order valence-electron chi connectivity index (χ1n) is 8.22. The Hall–Kier alpha value is -3.34. The molecule has 0 aliphatic carbocycles. The van der Waals surface area contributed by atoms with Crippen LogP contribution in [0.25, 0.3) is 10.8 Å². The number of fused-ring (bicyclic) bond motifs is 1. The third-order valence-corrected chi connectivity index (χ3v) is 3.98. The van der Waals surface area contributed by atoms with Gasteiger partial charge in [-0.25, -0.2) is 4.79 Å². The average Bonchev–Trinajstić information content (AvgIpc) is 2.67. The summed E-state index contributed by atoms with van der Waals surface area (Å²) < 4.78 is 10.6. The highest BCUT2D eigenvalue weighted by molar-refractivity contribution is 6.01. The van der Waals surface area contributed by atoms with Crippen LogP contribution in [0.5, 0.6) is 5.75 Å². The fraction of sp³-hybridized carbons (Fsp3) is 0.143. The Morgan fingerprint density at radius 3 is 2.19 bits per heavy atom. The number of ether oxygens (including phenoxy) is 2. The first-order chi connectivity index (χ1) is 12.6. The molecule has 0 unspecified atom stereocenters. The molecule has 0 aliphatic rings. The maximum Gasteiger partial charge on any atom is 0.342 e. The van der Waals surface area contributed by atoms with Crippen LogP contribution in [0.4, 0.5) is 5.69 Å². The van der Waals surface area contributed by atoms with Crippen LogP contribution in [0, 0.1) is 0 Å². The van der Waals surface area contributed by atoms with E-state index in [0.29, 0.717) is 11.4 Å². The van der Waals surface area contributed by atoms with Crippen LogP contribution < -0.4 is 10.1 Å². The maximum absolute atomic E-state index is 12.6. The van der Waals surface area contributed by atoms with E-state index in [-0.39, 0.29) is 5.56 Å². The van der Waals surface area contributed by atoms with E-state index in [2.05, 4.69) is 5.32 Å². The van der Waals surface area contributed by atoms with Gasteiger partial charge in [-0.05, 0) is 42.0 Å². The number of hydrogen-bond acceptors (Lipinski definition) is 4. The van der Waals surface area contributed by atoms with Gasteiger partial charge in [-0.1, -0.05) is 42.5 Å². The second-order valence-electron chi connectivity index (χ2n) is 5.80. The number of nitrogens with one attached hydrogen (secondary N) is 1. The molecule has 0 bridgehead atoms. The highest BCUT2D eigenvalue weighted by atomic mass is 16.5. The number of anilines is 1. The zero-order valence-electron chi connectivity index (χ0n) is 14.6. The molecule has 0 radical (unpaired) electrons. The number of amides is 1. The predicted molar refractivity (Wildman–Crippen MR) is 100 cm³/mol. The van der Waals surface area contributed by atoms with E-state index in [1.165, 1.54) is 14.0 Å². The summed E-state index contributed by atoms with van der Waals surface area (Å²) in [4.78, 5) is 24.8. The molecule has 0 fully saturated rings. The van der Waals surface area contributed by atoms with Gasteiger partial charge >= 0.3 is 5.97 Å². The SMILES string of the molecule is COc1cc2ccccc2cc1C(=O)O[C@H](C)C(=O)Nc1ccccc1. The molecule has 0 saturated carbocycles. The number of para-hydroxylation sites is 1. The third kappa shape index (κ3) is 3.83. The Bertz CT molecular complexity index is 937. The molecule has 1 N–H and O–H groups in total. The molecular formula is C21H19NO4. The second-order valence-corrected chi connectivity index (χ2v) is 5.80. The molecule has 5 nitrogen and oxygen atoms in total. The van der Waals surface area contributed by atoms with E-state index in [1.807, 2.05) is 42.5 Å². The smallest absolute Gasteiger partial charge is 0.342 e. The summed E-state index contributed by atoms with van der Waals surface area (Å²) in [6.45, 7) is 1.53. The van der Waals surface area contributed by atoms with Gasteiger partial charge in [0.25, 0.3) is 5.91 Å². The van der Waals surface area contributed by atoms with Crippen LogP contribution in [0.3, 0.4) is 0 Å². The summed E-state index contributed by atoms with van der Waals surface area (Å²) in [5, 5.41) is 4.55. The van der Waals surface area contributed by atoms with Gasteiger partial charge in [0.05, 0.1) is 7.11 Å². The van der Waals surface area contributed by atoms with Crippen LogP contribution in [-0.4, -0.2) is 25.1 Å². The minimum Gasteiger partial charge on any atom is -0.496 e. The summed E-state index contributed by atoms with van der Waals surface area (Å²) in [5.74, 6) is -0.600. The van der Waals surface area contributed by atoms with E-state index in [9.17, 15) is 9.59 Å². The van der Waals surface area contributed by atoms with Gasteiger partial charge in [0, 0.05) is 5.69 Å². The van der Waals surface area contributed by atoms with Gasteiger partial charge in [0.15, 0.2) is 6.10 Å². The van der Waals surface area contributed by atoms with Crippen molar-refractivity contribution in [2.75, 3.05) is 12.4 Å². The lowest BCUT2D eigenvalue weighted by Crippen LogP contribution is -2.30. The topological polar surface area (TPSA) is 64.6 Å². The van der Waals surface area contributed by atoms with Crippen molar-refractivity contribution < 1.29 is 19.1 Å². The zero-order chi connectivity index (χ0) is 18.5. The van der Waals surface area contributed by atoms with Crippen molar-refractivity contribution in [2.45, 2.75) is 13.0 Å². The Morgan fingerprint density at radius 1 is 0.923 bits per heavy atom. The molecule has 5 heteroatoms. The number of carbonyl (C=O) groups excluding carboxylic acids is 2.